The SMILES string of the molecule is CC1NC(c2cccc(Cl)c2)N(C(C)C2CCOC2)C1=O. The van der Waals surface area contributed by atoms with E-state index in [-0.39, 0.29) is 24.2 Å². The van der Waals surface area contributed by atoms with Crippen molar-refractivity contribution in [3.05, 3.63) is 34.9 Å². The Labute approximate surface area is 130 Å². The highest BCUT2D eigenvalue weighted by atomic mass is 35.5. The minimum absolute atomic E-state index is 0.109. The van der Waals surface area contributed by atoms with Gasteiger partial charge >= 0.3 is 0 Å². The summed E-state index contributed by atoms with van der Waals surface area (Å²) in [6.07, 6.45) is 0.906. The molecule has 2 saturated heterocycles. The van der Waals surface area contributed by atoms with Crippen LogP contribution in [0.25, 0.3) is 0 Å². The molecule has 4 atom stereocenters. The highest BCUT2D eigenvalue weighted by Gasteiger charge is 2.42. The summed E-state index contributed by atoms with van der Waals surface area (Å²) in [6.45, 7) is 5.57. The molecule has 0 spiro atoms. The number of hydrogen-bond donors (Lipinski definition) is 1. The number of nitrogens with zero attached hydrogens (tertiary/aromatic N) is 1. The van der Waals surface area contributed by atoms with Crippen molar-refractivity contribution in [2.45, 2.75) is 38.5 Å². The Morgan fingerprint density at radius 3 is 2.95 bits per heavy atom. The van der Waals surface area contributed by atoms with E-state index >= 15 is 0 Å². The largest absolute Gasteiger partial charge is 0.381 e. The molecule has 2 fully saturated rings. The molecule has 4 nitrogen and oxygen atoms in total. The molecule has 2 aliphatic heterocycles. The molecule has 0 radical (unpaired) electrons. The number of ether oxygens (including phenoxy) is 1. The van der Waals surface area contributed by atoms with Crippen LogP contribution in [0.2, 0.25) is 5.02 Å². The van der Waals surface area contributed by atoms with E-state index in [0.29, 0.717) is 10.9 Å². The number of hydrogen-bond acceptors (Lipinski definition) is 3. The van der Waals surface area contributed by atoms with Gasteiger partial charge in [0.1, 0.15) is 6.17 Å². The number of halogens is 1. The molecule has 21 heavy (non-hydrogen) atoms. The Morgan fingerprint density at radius 2 is 2.29 bits per heavy atom. The van der Waals surface area contributed by atoms with Crippen molar-refractivity contribution < 1.29 is 9.53 Å². The Bertz CT molecular complexity index is 531. The molecule has 1 amide bonds. The standard InChI is InChI=1S/C16H21ClN2O2/c1-10-16(20)19(11(2)13-6-7-21-9-13)15(18-10)12-4-3-5-14(17)8-12/h3-5,8,10-11,13,15,18H,6-7,9H2,1-2H3. The lowest BCUT2D eigenvalue weighted by atomic mass is 9.98. The molecule has 2 aliphatic rings. The maximum Gasteiger partial charge on any atom is 0.241 e. The quantitative estimate of drug-likeness (QED) is 0.933. The van der Waals surface area contributed by atoms with Crippen LogP contribution < -0.4 is 5.32 Å². The molecule has 3 rings (SSSR count). The Morgan fingerprint density at radius 1 is 1.48 bits per heavy atom. The highest BCUT2D eigenvalue weighted by molar-refractivity contribution is 6.30. The highest BCUT2D eigenvalue weighted by Crippen LogP contribution is 2.33. The zero-order valence-electron chi connectivity index (χ0n) is 12.4. The van der Waals surface area contributed by atoms with Crippen LogP contribution in [0.5, 0.6) is 0 Å². The van der Waals surface area contributed by atoms with E-state index in [0.717, 1.165) is 25.2 Å². The monoisotopic (exact) mass is 308 g/mol. The van der Waals surface area contributed by atoms with Crippen LogP contribution in [-0.4, -0.2) is 36.1 Å². The van der Waals surface area contributed by atoms with Gasteiger partial charge in [0.05, 0.1) is 12.6 Å². The first kappa shape index (κ1) is 14.8. The summed E-state index contributed by atoms with van der Waals surface area (Å²) in [7, 11) is 0. The van der Waals surface area contributed by atoms with E-state index in [1.54, 1.807) is 0 Å². The van der Waals surface area contributed by atoms with Crippen LogP contribution >= 0.6 is 11.6 Å². The van der Waals surface area contributed by atoms with Crippen LogP contribution in [0, 0.1) is 5.92 Å². The average molecular weight is 309 g/mol. The predicted octanol–water partition coefficient (Wildman–Crippen LogP) is 2.58. The summed E-state index contributed by atoms with van der Waals surface area (Å²) >= 11 is 6.10. The van der Waals surface area contributed by atoms with Gasteiger partial charge in [-0.1, -0.05) is 23.7 Å². The first-order chi connectivity index (χ1) is 10.1. The molecule has 1 N–H and O–H groups in total. The molecular weight excluding hydrogens is 288 g/mol. The molecule has 5 heteroatoms. The van der Waals surface area contributed by atoms with E-state index in [1.807, 2.05) is 36.1 Å². The van der Waals surface area contributed by atoms with Gasteiger partial charge in [-0.05, 0) is 38.0 Å². The number of carbonyl (C=O) groups excluding carboxylic acids is 1. The molecule has 1 aromatic carbocycles. The molecule has 0 aliphatic carbocycles. The zero-order chi connectivity index (χ0) is 15.0. The second-order valence-electron chi connectivity index (χ2n) is 5.96. The molecule has 4 unspecified atom stereocenters. The van der Waals surface area contributed by atoms with Crippen LogP contribution in [0.3, 0.4) is 0 Å². The van der Waals surface area contributed by atoms with Crippen molar-refractivity contribution >= 4 is 17.5 Å². The third kappa shape index (κ3) is 2.80. The summed E-state index contributed by atoms with van der Waals surface area (Å²) in [5.74, 6) is 0.558. The lowest BCUT2D eigenvalue weighted by molar-refractivity contribution is -0.132. The van der Waals surface area contributed by atoms with Crippen molar-refractivity contribution in [2.24, 2.45) is 5.92 Å². The minimum Gasteiger partial charge on any atom is -0.381 e. The van der Waals surface area contributed by atoms with Gasteiger partial charge in [-0.3, -0.25) is 10.1 Å². The van der Waals surface area contributed by atoms with Crippen LogP contribution in [0.4, 0.5) is 0 Å². The first-order valence-corrected chi connectivity index (χ1v) is 7.87. The second kappa shape index (κ2) is 5.95. The van der Waals surface area contributed by atoms with Crippen molar-refractivity contribution in [3.63, 3.8) is 0 Å². The topological polar surface area (TPSA) is 41.6 Å². The van der Waals surface area contributed by atoms with Gasteiger partial charge in [0.2, 0.25) is 5.91 Å². The maximum absolute atomic E-state index is 12.6. The van der Waals surface area contributed by atoms with Crippen molar-refractivity contribution in [1.82, 2.24) is 10.2 Å². The minimum atomic E-state index is -0.168. The predicted molar refractivity (Wildman–Crippen MR) is 82.0 cm³/mol. The summed E-state index contributed by atoms with van der Waals surface area (Å²) in [4.78, 5) is 14.5. The number of nitrogens with one attached hydrogen (secondary N) is 1. The molecule has 114 valence electrons. The van der Waals surface area contributed by atoms with E-state index in [4.69, 9.17) is 16.3 Å². The van der Waals surface area contributed by atoms with Crippen LogP contribution in [-0.2, 0) is 9.53 Å². The van der Waals surface area contributed by atoms with Gasteiger partial charge in [0.25, 0.3) is 0 Å². The van der Waals surface area contributed by atoms with Crippen molar-refractivity contribution in [1.29, 1.82) is 0 Å². The molecule has 0 bridgehead atoms. The van der Waals surface area contributed by atoms with Crippen molar-refractivity contribution in [3.8, 4) is 0 Å². The van der Waals surface area contributed by atoms with E-state index in [1.165, 1.54) is 0 Å². The van der Waals surface area contributed by atoms with Gasteiger partial charge in [0.15, 0.2) is 0 Å². The lowest BCUT2D eigenvalue weighted by Crippen LogP contribution is -2.42. The summed E-state index contributed by atoms with van der Waals surface area (Å²) in [5, 5.41) is 4.07. The molecule has 0 aromatic heterocycles. The van der Waals surface area contributed by atoms with Gasteiger partial charge < -0.3 is 9.64 Å². The maximum atomic E-state index is 12.6. The van der Waals surface area contributed by atoms with Gasteiger partial charge in [-0.2, -0.15) is 0 Å². The third-order valence-corrected chi connectivity index (χ3v) is 4.80. The van der Waals surface area contributed by atoms with E-state index < -0.39 is 0 Å². The second-order valence-corrected chi connectivity index (χ2v) is 6.39. The fourth-order valence-corrected chi connectivity index (χ4v) is 3.47. The number of amides is 1. The normalized spacial score (nSPS) is 30.9. The molecule has 2 heterocycles. The van der Waals surface area contributed by atoms with Crippen LogP contribution in [0.15, 0.2) is 24.3 Å². The van der Waals surface area contributed by atoms with Crippen LogP contribution in [0.1, 0.15) is 32.0 Å². The Kier molecular flexibility index (Phi) is 4.20. The summed E-state index contributed by atoms with van der Waals surface area (Å²) < 4.78 is 5.48. The number of carbonyl (C=O) groups is 1. The van der Waals surface area contributed by atoms with E-state index in [9.17, 15) is 4.79 Å². The van der Waals surface area contributed by atoms with Gasteiger partial charge in [-0.25, -0.2) is 0 Å². The lowest BCUT2D eigenvalue weighted by Gasteiger charge is -2.33. The summed E-state index contributed by atoms with van der Waals surface area (Å²) in [5.41, 5.74) is 1.03. The molecule has 0 saturated carbocycles. The average Bonchev–Trinajstić information content (AvgIpc) is 3.08. The van der Waals surface area contributed by atoms with E-state index in [2.05, 4.69) is 12.2 Å². The smallest absolute Gasteiger partial charge is 0.241 e. The molecular formula is C16H21ClN2O2. The zero-order valence-corrected chi connectivity index (χ0v) is 13.1. The molecule has 1 aromatic rings. The van der Waals surface area contributed by atoms with Gasteiger partial charge in [0, 0.05) is 23.6 Å². The van der Waals surface area contributed by atoms with Crippen molar-refractivity contribution in [2.75, 3.05) is 13.2 Å². The third-order valence-electron chi connectivity index (χ3n) is 4.56. The first-order valence-electron chi connectivity index (χ1n) is 7.49. The Balaban J connectivity index is 1.88. The number of benzene rings is 1. The fraction of sp³-hybridized carbons (Fsp3) is 0.562. The number of rotatable bonds is 3. The Hall–Kier alpha value is -1.10. The fourth-order valence-electron chi connectivity index (χ4n) is 3.27. The van der Waals surface area contributed by atoms with Gasteiger partial charge in [-0.15, -0.1) is 0 Å². The summed E-state index contributed by atoms with van der Waals surface area (Å²) in [6, 6.07) is 7.70.